The van der Waals surface area contributed by atoms with Crippen molar-refractivity contribution in [3.8, 4) is 0 Å². The molecule has 0 saturated heterocycles. The smallest absolute Gasteiger partial charge is 0.0671 e. The third-order valence-electron chi connectivity index (χ3n) is 4.11. The van der Waals surface area contributed by atoms with Crippen molar-refractivity contribution in [3.05, 3.63) is 35.1 Å². The van der Waals surface area contributed by atoms with Crippen LogP contribution in [0.3, 0.4) is 0 Å². The summed E-state index contributed by atoms with van der Waals surface area (Å²) in [6.07, 6.45) is 12.3. The van der Waals surface area contributed by atoms with Gasteiger partial charge in [-0.15, -0.1) is 0 Å². The standard InChI is InChI=1S/C14H14N2/c1-3-11-10-4-2-6-15-13(10)7-9-8-16-12(5-1)14(9)11/h1,3,5,8,10-11H,2,4,6-7H2. The first-order valence-corrected chi connectivity index (χ1v) is 6.13. The maximum absolute atomic E-state index is 4.73. The van der Waals surface area contributed by atoms with Gasteiger partial charge in [-0.25, -0.2) is 0 Å². The van der Waals surface area contributed by atoms with Crippen molar-refractivity contribution < 1.29 is 0 Å². The van der Waals surface area contributed by atoms with E-state index in [-0.39, 0.29) is 0 Å². The van der Waals surface area contributed by atoms with E-state index in [9.17, 15) is 0 Å². The third-order valence-corrected chi connectivity index (χ3v) is 4.11. The van der Waals surface area contributed by atoms with Crippen molar-refractivity contribution in [1.82, 2.24) is 0 Å². The fourth-order valence-corrected chi connectivity index (χ4v) is 3.39. The predicted molar refractivity (Wildman–Crippen MR) is 65.9 cm³/mol. The molecule has 2 aliphatic heterocycles. The molecule has 2 heteroatoms. The average molecular weight is 210 g/mol. The molecule has 0 amide bonds. The number of fused-ring (bicyclic) bond motifs is 2. The Morgan fingerprint density at radius 2 is 2.31 bits per heavy atom. The lowest BCUT2D eigenvalue weighted by molar-refractivity contribution is 0.475. The molecule has 2 atom stereocenters. The summed E-state index contributed by atoms with van der Waals surface area (Å²) in [7, 11) is 0. The number of rotatable bonds is 0. The van der Waals surface area contributed by atoms with Gasteiger partial charge in [-0.1, -0.05) is 12.2 Å². The highest BCUT2D eigenvalue weighted by molar-refractivity contribution is 6.01. The summed E-state index contributed by atoms with van der Waals surface area (Å²) in [5, 5.41) is 0. The van der Waals surface area contributed by atoms with Crippen molar-refractivity contribution >= 4 is 11.9 Å². The summed E-state index contributed by atoms with van der Waals surface area (Å²) in [4.78, 5) is 9.24. The molecule has 0 fully saturated rings. The zero-order chi connectivity index (χ0) is 10.5. The molecule has 16 heavy (non-hydrogen) atoms. The van der Waals surface area contributed by atoms with E-state index >= 15 is 0 Å². The number of nitrogens with zero attached hydrogens (tertiary/aromatic N) is 2. The minimum atomic E-state index is 0.560. The molecule has 2 unspecified atom stereocenters. The van der Waals surface area contributed by atoms with Crippen LogP contribution in [0.25, 0.3) is 0 Å². The van der Waals surface area contributed by atoms with Gasteiger partial charge in [0.25, 0.3) is 0 Å². The highest BCUT2D eigenvalue weighted by Gasteiger charge is 2.38. The normalized spacial score (nSPS) is 34.5. The highest BCUT2D eigenvalue weighted by Crippen LogP contribution is 2.45. The zero-order valence-electron chi connectivity index (χ0n) is 9.19. The lowest BCUT2D eigenvalue weighted by Gasteiger charge is -2.36. The van der Waals surface area contributed by atoms with Crippen molar-refractivity contribution in [2.45, 2.75) is 19.3 Å². The largest absolute Gasteiger partial charge is 0.293 e. The van der Waals surface area contributed by atoms with E-state index in [0.717, 1.165) is 13.0 Å². The van der Waals surface area contributed by atoms with Gasteiger partial charge in [0, 0.05) is 36.7 Å². The Labute approximate surface area is 95.2 Å². The van der Waals surface area contributed by atoms with Crippen LogP contribution >= 0.6 is 0 Å². The van der Waals surface area contributed by atoms with Crippen molar-refractivity contribution in [2.24, 2.45) is 21.8 Å². The number of allylic oxidation sites excluding steroid dienone is 5. The van der Waals surface area contributed by atoms with Crippen LogP contribution in [0.1, 0.15) is 19.3 Å². The van der Waals surface area contributed by atoms with E-state index in [1.165, 1.54) is 35.4 Å². The Hall–Kier alpha value is -1.44. The van der Waals surface area contributed by atoms with Crippen LogP contribution < -0.4 is 0 Å². The van der Waals surface area contributed by atoms with Gasteiger partial charge in [-0.2, -0.15) is 0 Å². The first-order valence-electron chi connectivity index (χ1n) is 6.13. The van der Waals surface area contributed by atoms with E-state index in [2.05, 4.69) is 29.4 Å². The van der Waals surface area contributed by atoms with E-state index < -0.39 is 0 Å². The van der Waals surface area contributed by atoms with Gasteiger partial charge >= 0.3 is 0 Å². The topological polar surface area (TPSA) is 24.7 Å². The van der Waals surface area contributed by atoms with Gasteiger partial charge in [0.15, 0.2) is 0 Å². The molecule has 2 heterocycles. The summed E-state index contributed by atoms with van der Waals surface area (Å²) in [5.74, 6) is 1.22. The fraction of sp³-hybridized carbons (Fsp3) is 0.429. The molecule has 4 rings (SSSR count). The first kappa shape index (κ1) is 8.68. The van der Waals surface area contributed by atoms with E-state index in [1.54, 1.807) is 0 Å². The second-order valence-corrected chi connectivity index (χ2v) is 4.96. The molecule has 4 aliphatic rings. The minimum Gasteiger partial charge on any atom is -0.293 e. The maximum atomic E-state index is 4.73. The number of hydrogen-bond acceptors (Lipinski definition) is 2. The summed E-state index contributed by atoms with van der Waals surface area (Å²) >= 11 is 0. The summed E-state index contributed by atoms with van der Waals surface area (Å²) in [6.45, 7) is 1.03. The highest BCUT2D eigenvalue weighted by atomic mass is 14.8. The molecule has 0 bridgehead atoms. The molecular weight excluding hydrogens is 196 g/mol. The summed E-state index contributed by atoms with van der Waals surface area (Å²) < 4.78 is 0. The molecule has 0 aromatic rings. The van der Waals surface area contributed by atoms with Crippen molar-refractivity contribution in [1.29, 1.82) is 0 Å². The van der Waals surface area contributed by atoms with Gasteiger partial charge in [0.1, 0.15) is 0 Å². The Morgan fingerprint density at radius 3 is 3.31 bits per heavy atom. The maximum Gasteiger partial charge on any atom is 0.0671 e. The fourth-order valence-electron chi connectivity index (χ4n) is 3.39. The quantitative estimate of drug-likeness (QED) is 0.587. The molecule has 0 aromatic heterocycles. The summed E-state index contributed by atoms with van der Waals surface area (Å²) in [5.41, 5.74) is 5.53. The van der Waals surface area contributed by atoms with Crippen molar-refractivity contribution in [3.63, 3.8) is 0 Å². The monoisotopic (exact) mass is 210 g/mol. The first-order chi connectivity index (χ1) is 7.93. The molecule has 0 N–H and O–H groups in total. The Bertz CT molecular complexity index is 503. The van der Waals surface area contributed by atoms with E-state index in [4.69, 9.17) is 4.99 Å². The third kappa shape index (κ3) is 1.02. The second-order valence-electron chi connectivity index (χ2n) is 4.96. The van der Waals surface area contributed by atoms with E-state index in [0.29, 0.717) is 11.8 Å². The lowest BCUT2D eigenvalue weighted by Crippen LogP contribution is -2.32. The molecule has 80 valence electrons. The molecule has 0 spiro atoms. The van der Waals surface area contributed by atoms with Crippen LogP contribution in [0.5, 0.6) is 0 Å². The van der Waals surface area contributed by atoms with Crippen LogP contribution in [-0.4, -0.2) is 18.5 Å². The molecule has 0 radical (unpaired) electrons. The minimum absolute atomic E-state index is 0.560. The Morgan fingerprint density at radius 1 is 1.31 bits per heavy atom. The Kier molecular flexibility index (Phi) is 1.65. The van der Waals surface area contributed by atoms with Crippen LogP contribution in [0.15, 0.2) is 45.1 Å². The Balaban J connectivity index is 1.88. The average Bonchev–Trinajstić information content (AvgIpc) is 2.75. The SMILES string of the molecule is C1=CC2C3=C(C=NC3=C1)CC1=NCCCC12. The van der Waals surface area contributed by atoms with Crippen LogP contribution in [0.2, 0.25) is 0 Å². The van der Waals surface area contributed by atoms with Gasteiger partial charge < -0.3 is 0 Å². The van der Waals surface area contributed by atoms with E-state index in [1.807, 2.05) is 0 Å². The van der Waals surface area contributed by atoms with Gasteiger partial charge in [0.2, 0.25) is 0 Å². The van der Waals surface area contributed by atoms with Gasteiger partial charge in [0.05, 0.1) is 5.70 Å². The van der Waals surface area contributed by atoms with Crippen LogP contribution in [0.4, 0.5) is 0 Å². The number of hydrogen-bond donors (Lipinski definition) is 0. The molecule has 0 aromatic carbocycles. The summed E-state index contributed by atoms with van der Waals surface area (Å²) in [6, 6.07) is 0. The van der Waals surface area contributed by atoms with Crippen LogP contribution in [0, 0.1) is 11.8 Å². The number of aliphatic imine (C=N–C) groups is 2. The second kappa shape index (κ2) is 3.03. The molecule has 0 saturated carbocycles. The predicted octanol–water partition coefficient (Wildman–Crippen LogP) is 2.69. The van der Waals surface area contributed by atoms with Gasteiger partial charge in [-0.3, -0.25) is 9.98 Å². The molecule has 2 aliphatic carbocycles. The van der Waals surface area contributed by atoms with Gasteiger partial charge in [-0.05, 0) is 30.1 Å². The van der Waals surface area contributed by atoms with Crippen LogP contribution in [-0.2, 0) is 0 Å². The molecular formula is C14H14N2. The van der Waals surface area contributed by atoms with Crippen molar-refractivity contribution in [2.75, 3.05) is 6.54 Å². The zero-order valence-corrected chi connectivity index (χ0v) is 9.19. The molecule has 2 nitrogen and oxygen atoms in total. The lowest BCUT2D eigenvalue weighted by atomic mass is 9.69.